The summed E-state index contributed by atoms with van der Waals surface area (Å²) in [5, 5.41) is 0. The molecule has 1 saturated carbocycles. The highest BCUT2D eigenvalue weighted by molar-refractivity contribution is 5.81. The molecule has 80 valence electrons. The van der Waals surface area contributed by atoms with Gasteiger partial charge in [-0.25, -0.2) is 0 Å². The fourth-order valence-electron chi connectivity index (χ4n) is 2.41. The third-order valence-electron chi connectivity index (χ3n) is 3.57. The SMILES string of the molecule is CC1CC(C)N(CC(N)C2CC2)C1=O. The van der Waals surface area contributed by atoms with Gasteiger partial charge in [0.2, 0.25) is 5.91 Å². The number of carbonyl (C=O) groups is 1. The van der Waals surface area contributed by atoms with E-state index < -0.39 is 0 Å². The second-order valence-corrected chi connectivity index (χ2v) is 4.98. The highest BCUT2D eigenvalue weighted by Gasteiger charge is 2.37. The van der Waals surface area contributed by atoms with Crippen LogP contribution >= 0.6 is 0 Å². The molecule has 0 aromatic rings. The molecule has 1 saturated heterocycles. The smallest absolute Gasteiger partial charge is 0.225 e. The molecule has 0 radical (unpaired) electrons. The van der Waals surface area contributed by atoms with Crippen LogP contribution < -0.4 is 5.73 Å². The first-order chi connectivity index (χ1) is 6.59. The van der Waals surface area contributed by atoms with Crippen molar-refractivity contribution in [2.45, 2.75) is 45.2 Å². The number of carbonyl (C=O) groups excluding carboxylic acids is 1. The van der Waals surface area contributed by atoms with Gasteiger partial charge >= 0.3 is 0 Å². The van der Waals surface area contributed by atoms with Crippen LogP contribution in [0.3, 0.4) is 0 Å². The van der Waals surface area contributed by atoms with Gasteiger partial charge in [-0.1, -0.05) is 6.92 Å². The number of hydrogen-bond donors (Lipinski definition) is 1. The first-order valence-electron chi connectivity index (χ1n) is 5.65. The average Bonchev–Trinajstić information content (AvgIpc) is 2.91. The molecule has 2 fully saturated rings. The van der Waals surface area contributed by atoms with Crippen LogP contribution in [-0.4, -0.2) is 29.4 Å². The lowest BCUT2D eigenvalue weighted by Gasteiger charge is -2.25. The van der Waals surface area contributed by atoms with E-state index in [0.29, 0.717) is 17.9 Å². The summed E-state index contributed by atoms with van der Waals surface area (Å²) >= 11 is 0. The zero-order chi connectivity index (χ0) is 10.3. The zero-order valence-electron chi connectivity index (χ0n) is 9.07. The van der Waals surface area contributed by atoms with Gasteiger partial charge in [-0.05, 0) is 32.1 Å². The lowest BCUT2D eigenvalue weighted by Crippen LogP contribution is -2.43. The van der Waals surface area contributed by atoms with Crippen LogP contribution in [0.1, 0.15) is 33.1 Å². The van der Waals surface area contributed by atoms with E-state index in [4.69, 9.17) is 5.73 Å². The molecule has 1 amide bonds. The fourth-order valence-corrected chi connectivity index (χ4v) is 2.41. The largest absolute Gasteiger partial charge is 0.338 e. The van der Waals surface area contributed by atoms with E-state index in [2.05, 4.69) is 6.92 Å². The topological polar surface area (TPSA) is 46.3 Å². The monoisotopic (exact) mass is 196 g/mol. The van der Waals surface area contributed by atoms with Gasteiger partial charge in [-0.15, -0.1) is 0 Å². The normalized spacial score (nSPS) is 35.1. The Bertz CT molecular complexity index is 237. The van der Waals surface area contributed by atoms with Crippen molar-refractivity contribution in [1.29, 1.82) is 0 Å². The summed E-state index contributed by atoms with van der Waals surface area (Å²) in [4.78, 5) is 13.7. The standard InChI is InChI=1S/C11H20N2O/c1-7-5-8(2)13(11(7)14)6-10(12)9-3-4-9/h7-10H,3-6,12H2,1-2H3. The van der Waals surface area contributed by atoms with Crippen LogP contribution in [0.15, 0.2) is 0 Å². The minimum Gasteiger partial charge on any atom is -0.338 e. The van der Waals surface area contributed by atoms with Crippen molar-refractivity contribution in [2.24, 2.45) is 17.6 Å². The molecule has 3 atom stereocenters. The van der Waals surface area contributed by atoms with E-state index in [9.17, 15) is 4.79 Å². The van der Waals surface area contributed by atoms with E-state index in [1.807, 2.05) is 11.8 Å². The molecule has 2 N–H and O–H groups in total. The molecule has 1 aliphatic carbocycles. The zero-order valence-corrected chi connectivity index (χ0v) is 9.07. The summed E-state index contributed by atoms with van der Waals surface area (Å²) in [5.41, 5.74) is 6.03. The summed E-state index contributed by atoms with van der Waals surface area (Å²) in [7, 11) is 0. The quantitative estimate of drug-likeness (QED) is 0.731. The first kappa shape index (κ1) is 9.97. The van der Waals surface area contributed by atoms with Gasteiger partial charge < -0.3 is 10.6 Å². The second-order valence-electron chi connectivity index (χ2n) is 4.98. The van der Waals surface area contributed by atoms with Crippen molar-refractivity contribution in [3.63, 3.8) is 0 Å². The van der Waals surface area contributed by atoms with Crippen LogP contribution in [0, 0.1) is 11.8 Å². The lowest BCUT2D eigenvalue weighted by atomic mass is 10.1. The van der Waals surface area contributed by atoms with Crippen LogP contribution in [0.4, 0.5) is 0 Å². The molecule has 3 unspecified atom stereocenters. The van der Waals surface area contributed by atoms with Gasteiger partial charge in [-0.3, -0.25) is 4.79 Å². The number of rotatable bonds is 3. The minimum atomic E-state index is 0.205. The summed E-state index contributed by atoms with van der Waals surface area (Å²) in [6.07, 6.45) is 3.51. The Morgan fingerprint density at radius 3 is 2.57 bits per heavy atom. The van der Waals surface area contributed by atoms with E-state index >= 15 is 0 Å². The summed E-state index contributed by atoms with van der Waals surface area (Å²) in [6, 6.07) is 0.606. The first-order valence-corrected chi connectivity index (χ1v) is 5.65. The Labute approximate surface area is 85.6 Å². The van der Waals surface area contributed by atoms with Gasteiger partial charge in [0.05, 0.1) is 0 Å². The highest BCUT2D eigenvalue weighted by Crippen LogP contribution is 2.33. The number of hydrogen-bond acceptors (Lipinski definition) is 2. The van der Waals surface area contributed by atoms with Crippen molar-refractivity contribution in [3.05, 3.63) is 0 Å². The predicted molar refractivity (Wildman–Crippen MR) is 55.7 cm³/mol. The number of nitrogens with zero attached hydrogens (tertiary/aromatic N) is 1. The number of nitrogens with two attached hydrogens (primary N) is 1. The maximum Gasteiger partial charge on any atom is 0.225 e. The van der Waals surface area contributed by atoms with E-state index in [-0.39, 0.29) is 12.0 Å². The molecule has 0 bridgehead atoms. The summed E-state index contributed by atoms with van der Waals surface area (Å²) < 4.78 is 0. The summed E-state index contributed by atoms with van der Waals surface area (Å²) in [5.74, 6) is 1.19. The van der Waals surface area contributed by atoms with Crippen molar-refractivity contribution in [3.8, 4) is 0 Å². The molecule has 3 nitrogen and oxygen atoms in total. The Kier molecular flexibility index (Phi) is 2.52. The molecule has 0 spiro atoms. The second kappa shape index (κ2) is 3.54. The van der Waals surface area contributed by atoms with Crippen molar-refractivity contribution in [2.75, 3.05) is 6.54 Å². The molecular weight excluding hydrogens is 176 g/mol. The molecule has 0 aromatic heterocycles. The van der Waals surface area contributed by atoms with Gasteiger partial charge in [0, 0.05) is 24.5 Å². The Morgan fingerprint density at radius 1 is 1.50 bits per heavy atom. The third-order valence-corrected chi connectivity index (χ3v) is 3.57. The van der Waals surface area contributed by atoms with Gasteiger partial charge in [0.25, 0.3) is 0 Å². The van der Waals surface area contributed by atoms with Gasteiger partial charge in [0.15, 0.2) is 0 Å². The highest BCUT2D eigenvalue weighted by atomic mass is 16.2. The number of amides is 1. The van der Waals surface area contributed by atoms with Gasteiger partial charge in [-0.2, -0.15) is 0 Å². The molecule has 2 rings (SSSR count). The van der Waals surface area contributed by atoms with E-state index in [1.54, 1.807) is 0 Å². The minimum absolute atomic E-state index is 0.205. The maximum absolute atomic E-state index is 11.8. The van der Waals surface area contributed by atoms with Crippen molar-refractivity contribution >= 4 is 5.91 Å². The van der Waals surface area contributed by atoms with Crippen LogP contribution in [0.2, 0.25) is 0 Å². The molecule has 0 aromatic carbocycles. The van der Waals surface area contributed by atoms with Crippen LogP contribution in [0.25, 0.3) is 0 Å². The molecular formula is C11H20N2O. The van der Waals surface area contributed by atoms with E-state index in [0.717, 1.165) is 13.0 Å². The molecule has 14 heavy (non-hydrogen) atoms. The van der Waals surface area contributed by atoms with E-state index in [1.165, 1.54) is 12.8 Å². The molecule has 1 aliphatic heterocycles. The van der Waals surface area contributed by atoms with Gasteiger partial charge in [0.1, 0.15) is 0 Å². The third kappa shape index (κ3) is 1.78. The van der Waals surface area contributed by atoms with Crippen LogP contribution in [0.5, 0.6) is 0 Å². The molecule has 2 aliphatic rings. The average molecular weight is 196 g/mol. The fraction of sp³-hybridized carbons (Fsp3) is 0.909. The number of likely N-dealkylation sites (tertiary alicyclic amines) is 1. The van der Waals surface area contributed by atoms with Crippen molar-refractivity contribution in [1.82, 2.24) is 4.90 Å². The van der Waals surface area contributed by atoms with Crippen LogP contribution in [-0.2, 0) is 4.79 Å². The maximum atomic E-state index is 11.8. The Morgan fingerprint density at radius 2 is 2.14 bits per heavy atom. The van der Waals surface area contributed by atoms with Crippen molar-refractivity contribution < 1.29 is 4.79 Å². The summed E-state index contributed by atoms with van der Waals surface area (Å²) in [6.45, 7) is 4.91. The Balaban J connectivity index is 1.92. The lowest BCUT2D eigenvalue weighted by molar-refractivity contribution is -0.131. The molecule has 1 heterocycles. The Hall–Kier alpha value is -0.570. The molecule has 3 heteroatoms. The predicted octanol–water partition coefficient (Wildman–Crippen LogP) is 0.981.